The van der Waals surface area contributed by atoms with Crippen molar-refractivity contribution in [3.05, 3.63) is 337 Å². The van der Waals surface area contributed by atoms with Crippen LogP contribution in [0.25, 0.3) is 44.5 Å². The van der Waals surface area contributed by atoms with Crippen molar-refractivity contribution in [1.29, 1.82) is 0 Å². The zero-order valence-electron chi connectivity index (χ0n) is 80.5. The van der Waals surface area contributed by atoms with Crippen LogP contribution in [0.3, 0.4) is 0 Å². The van der Waals surface area contributed by atoms with Crippen molar-refractivity contribution in [3.63, 3.8) is 0 Å². The van der Waals surface area contributed by atoms with Gasteiger partial charge in [-0.05, 0) is 415 Å². The minimum absolute atomic E-state index is 0.0394. The Morgan fingerprint density at radius 3 is 0.709 bits per heavy atom. The molecule has 0 amide bonds. The van der Waals surface area contributed by atoms with Crippen LogP contribution in [0.15, 0.2) is 140 Å². The van der Waals surface area contributed by atoms with Gasteiger partial charge in [-0.1, -0.05) is 0 Å². The number of fused-ring (bicyclic) bond motifs is 8. The van der Waals surface area contributed by atoms with E-state index in [9.17, 15) is 90.7 Å². The number of phenols is 4. The van der Waals surface area contributed by atoms with Gasteiger partial charge < -0.3 is 20.4 Å². The summed E-state index contributed by atoms with van der Waals surface area (Å²) in [7, 11) is 0. The summed E-state index contributed by atoms with van der Waals surface area (Å²) >= 11 is -2.50. The number of nitrogens with zero attached hydrogens (tertiary/aromatic N) is 2. The standard InChI is InChI=1S/4C21H22F2O.2C10H12.C7H4F3N.C6F5N.2Mo/c4*1-12-17(22)10-13-6-2-4-8-15(13)19(12)20-16-9-5-3-7-14(16)11-18(23)21(20)24;2*1-10(2,3)9-7-5-4-6-8-9;8-7(9,10)5-3-1-2-4-6(5)11;7-1-2(8)4(10)6(12)5(11)3(1)9;;/h4*10-11,24H,2-9H2,1H3;2*1,4-8H,2-3H3;1-4H;;;. The zero-order chi connectivity index (χ0) is 101. The van der Waals surface area contributed by atoms with Gasteiger partial charge in [-0.3, -0.25) is 0 Å². The molecule has 12 aromatic carbocycles. The number of phenolic OH excluding ortho intramolecular Hbond substituents is 4. The predicted molar refractivity (Wildman–Crippen MR) is 519 cm³/mol. The molecule has 0 atom stereocenters. The van der Waals surface area contributed by atoms with E-state index in [1.807, 2.05) is 74.5 Å². The van der Waals surface area contributed by atoms with Crippen molar-refractivity contribution < 1.29 is 127 Å². The van der Waals surface area contributed by atoms with Crippen LogP contribution in [0.4, 0.5) is 81.6 Å². The quantitative estimate of drug-likeness (QED) is 0.0474. The van der Waals surface area contributed by atoms with Crippen LogP contribution in [0, 0.1) is 103 Å². The number of rotatable bonds is 10. The Bertz CT molecular complexity index is 6050. The molecule has 12 aromatic rings. The van der Waals surface area contributed by atoms with Gasteiger partial charge >= 0.3 is 274 Å². The SMILES string of the molecule is CC(C)([CH]=[Mo]=[N]c1c(F)c(F)c(F)c(F)c1F)c1ccccc1.CC(C)([CH]=[Mo]=[N]c1ccccc1C(F)(F)F)c1ccccc1.Cc1c(F)cc2c(c1-c1c(O)c(F)cc3c1CCCC3)CCCC2.Cc1c(F)cc2c(c1-c1c(O)c(F)cc3c1CCCC3)CCCC2.Cc1c(F)cc2c(c1-c1c(O)c(F)cc3c1CCCC3)CCCC2.Cc1c(F)cc2c(c1-c1c(O)c(F)cc3c1CCCC3)CCCC2. The van der Waals surface area contributed by atoms with Crippen molar-refractivity contribution in [2.24, 2.45) is 6.99 Å². The molecule has 8 aliphatic rings. The first-order valence-corrected chi connectivity index (χ1v) is 53.1. The van der Waals surface area contributed by atoms with Crippen molar-refractivity contribution in [3.8, 4) is 67.5 Å². The van der Waals surface area contributed by atoms with Gasteiger partial charge in [-0.25, -0.2) is 35.1 Å². The molecule has 0 saturated carbocycles. The van der Waals surface area contributed by atoms with E-state index in [-0.39, 0.29) is 57.4 Å². The van der Waals surface area contributed by atoms with Crippen molar-refractivity contribution in [1.82, 2.24) is 0 Å². The van der Waals surface area contributed by atoms with Crippen LogP contribution in [0.1, 0.15) is 258 Å². The molecule has 0 spiro atoms. The largest absolute Gasteiger partial charge is 0.504 e. The first-order valence-electron chi connectivity index (χ1n) is 49.0. The van der Waals surface area contributed by atoms with Gasteiger partial charge in [0.2, 0.25) is 0 Å². The molecule has 141 heavy (non-hydrogen) atoms. The summed E-state index contributed by atoms with van der Waals surface area (Å²) in [5.41, 5.74) is 23.6. The Morgan fingerprint density at radius 1 is 0.255 bits per heavy atom. The fraction of sp³-hybridized carbons (Fsp3) is 0.368. The third-order valence-electron chi connectivity index (χ3n) is 29.1. The molecule has 0 bridgehead atoms. The smallest absolute Gasteiger partial charge is 0.165 e. The Labute approximate surface area is 830 Å². The molecule has 0 heterocycles. The molecule has 0 aromatic heterocycles. The Hall–Kier alpha value is -10.6. The minimum atomic E-state index is -4.36. The number of alkyl halides is 3. The second kappa shape index (κ2) is 45.2. The van der Waals surface area contributed by atoms with Gasteiger partial charge in [0.1, 0.15) is 23.3 Å². The third kappa shape index (κ3) is 22.7. The van der Waals surface area contributed by atoms with E-state index in [0.29, 0.717) is 44.5 Å². The van der Waals surface area contributed by atoms with Gasteiger partial charge in [0, 0.05) is 22.3 Å². The number of hydrogen-bond donors (Lipinski definition) is 4. The molecular formula is C117H116F16Mo2N2O4. The minimum Gasteiger partial charge on any atom is -0.504 e. The summed E-state index contributed by atoms with van der Waals surface area (Å²) in [6, 6.07) is 37.1. The molecule has 24 heteroatoms. The third-order valence-corrected chi connectivity index (χ3v) is 34.0. The summed E-state index contributed by atoms with van der Waals surface area (Å²) in [5, 5.41) is 42.1. The van der Waals surface area contributed by atoms with Gasteiger partial charge in [-0.2, -0.15) is 0 Å². The fourth-order valence-corrected chi connectivity index (χ4v) is 25.1. The number of aromatic hydroxyl groups is 4. The van der Waals surface area contributed by atoms with Crippen LogP contribution in [-0.2, 0) is 156 Å². The average Bonchev–Trinajstić information content (AvgIpc) is 0.755. The molecule has 20 rings (SSSR count). The molecule has 0 saturated heterocycles. The second-order valence-corrected chi connectivity index (χ2v) is 42.4. The summed E-state index contributed by atoms with van der Waals surface area (Å²) in [6.45, 7) is 14.9. The van der Waals surface area contributed by atoms with Crippen LogP contribution >= 0.6 is 0 Å². The van der Waals surface area contributed by atoms with Crippen LogP contribution in [-0.4, -0.2) is 29.2 Å². The Balaban J connectivity index is 0.000000128. The Morgan fingerprint density at radius 2 is 0.461 bits per heavy atom. The van der Waals surface area contributed by atoms with Gasteiger partial charge in [-0.15, -0.1) is 0 Å². The van der Waals surface area contributed by atoms with Crippen LogP contribution < -0.4 is 0 Å². The first kappa shape index (κ1) is 105. The zero-order valence-corrected chi connectivity index (χ0v) is 84.5. The Kier molecular flexibility index (Phi) is 33.6. The molecule has 0 fully saturated rings. The maximum absolute atomic E-state index is 14.5. The second-order valence-electron chi connectivity index (χ2n) is 39.3. The van der Waals surface area contributed by atoms with E-state index in [1.54, 1.807) is 62.4 Å². The van der Waals surface area contributed by atoms with E-state index >= 15 is 0 Å². The number of benzene rings is 12. The molecule has 4 N–H and O–H groups in total. The van der Waals surface area contributed by atoms with Gasteiger partial charge in [0.15, 0.2) is 46.3 Å². The van der Waals surface area contributed by atoms with Crippen LogP contribution in [0.5, 0.6) is 23.0 Å². The number of aryl methyl sites for hydroxylation is 8. The molecule has 742 valence electrons. The predicted octanol–water partition coefficient (Wildman–Crippen LogP) is 32.1. The maximum Gasteiger partial charge on any atom is 0.165 e. The normalized spacial score (nSPS) is 15.0. The maximum atomic E-state index is 14.5. The molecular weight excluding hydrogens is 1990 g/mol. The summed E-state index contributed by atoms with van der Waals surface area (Å²) < 4.78 is 232. The van der Waals surface area contributed by atoms with Crippen molar-refractivity contribution in [2.75, 3.05) is 0 Å². The van der Waals surface area contributed by atoms with E-state index < -0.39 is 111 Å². The summed E-state index contributed by atoms with van der Waals surface area (Å²) in [6.07, 6.45) is 25.9. The van der Waals surface area contributed by atoms with E-state index in [1.165, 1.54) is 36.4 Å². The van der Waals surface area contributed by atoms with Crippen molar-refractivity contribution in [2.45, 2.75) is 278 Å². The summed E-state index contributed by atoms with van der Waals surface area (Å²) in [4.78, 5) is 0. The fourth-order valence-electron chi connectivity index (χ4n) is 21.5. The number of hydrogen-bond acceptors (Lipinski definition) is 6. The van der Waals surface area contributed by atoms with E-state index in [2.05, 4.69) is 25.2 Å². The number of halogens is 16. The molecule has 6 nitrogen and oxygen atoms in total. The van der Waals surface area contributed by atoms with Gasteiger partial charge in [0.25, 0.3) is 0 Å². The monoisotopic (exact) mass is 2110 g/mol. The molecule has 0 radical (unpaired) electrons. The molecule has 8 aliphatic carbocycles. The summed E-state index contributed by atoms with van der Waals surface area (Å²) in [5.74, 6) is -14.5. The van der Waals surface area contributed by atoms with Crippen LogP contribution in [0.2, 0.25) is 0 Å². The molecule has 0 aliphatic heterocycles. The van der Waals surface area contributed by atoms with E-state index in [4.69, 9.17) is 0 Å². The first-order chi connectivity index (χ1) is 67.4. The van der Waals surface area contributed by atoms with Crippen molar-refractivity contribution >= 4 is 20.2 Å². The molecule has 0 unspecified atom stereocenters. The topological polar surface area (TPSA) is 106 Å². The van der Waals surface area contributed by atoms with E-state index in [0.717, 1.165) is 334 Å². The average molecular weight is 2110 g/mol. The van der Waals surface area contributed by atoms with Gasteiger partial charge in [0.05, 0.1) is 0 Å².